The summed E-state index contributed by atoms with van der Waals surface area (Å²) in [7, 11) is 0.368. The first-order chi connectivity index (χ1) is 7.77. The summed E-state index contributed by atoms with van der Waals surface area (Å²) in [6, 6.07) is 0. The molecule has 0 amide bonds. The lowest BCUT2D eigenvalue weighted by Gasteiger charge is -2.21. The molecule has 0 heterocycles. The zero-order valence-electron chi connectivity index (χ0n) is 10.5. The van der Waals surface area contributed by atoms with Gasteiger partial charge in [-0.25, -0.2) is 0 Å². The smallest absolute Gasteiger partial charge is 0.184 e. The van der Waals surface area contributed by atoms with E-state index in [9.17, 15) is 4.79 Å². The first-order valence-corrected chi connectivity index (χ1v) is 8.78. The van der Waals surface area contributed by atoms with E-state index in [4.69, 9.17) is 0 Å². The van der Waals surface area contributed by atoms with Gasteiger partial charge in [0, 0.05) is 5.92 Å². The molecule has 1 unspecified atom stereocenters. The molecule has 2 aliphatic carbocycles. The van der Waals surface area contributed by atoms with E-state index in [2.05, 4.69) is 6.26 Å². The normalized spacial score (nSPS) is 25.8. The van der Waals surface area contributed by atoms with Gasteiger partial charge in [-0.3, -0.25) is 4.79 Å². The number of carbonyl (C=O) groups excluding carboxylic acids is 1. The van der Waals surface area contributed by atoms with E-state index in [1.807, 2.05) is 0 Å². The van der Waals surface area contributed by atoms with E-state index < -0.39 is 0 Å². The van der Waals surface area contributed by atoms with Gasteiger partial charge >= 0.3 is 0 Å². The van der Waals surface area contributed by atoms with Crippen molar-refractivity contribution >= 4 is 16.7 Å². The van der Waals surface area contributed by atoms with Crippen molar-refractivity contribution in [2.24, 2.45) is 5.92 Å². The summed E-state index contributed by atoms with van der Waals surface area (Å²) in [6.45, 7) is 0. The first kappa shape index (κ1) is 12.5. The van der Waals surface area contributed by atoms with Gasteiger partial charge in [0.1, 0.15) is 5.25 Å². The van der Waals surface area contributed by atoms with Crippen molar-refractivity contribution in [2.75, 3.05) is 12.0 Å². The third-order valence-electron chi connectivity index (χ3n) is 4.30. The zero-order chi connectivity index (χ0) is 11.4. The fraction of sp³-hybridized carbons (Fsp3) is 0.929. The van der Waals surface area contributed by atoms with Gasteiger partial charge in [0.15, 0.2) is 11.5 Å². The highest BCUT2D eigenvalue weighted by atomic mass is 32.2. The Labute approximate surface area is 103 Å². The molecule has 2 heteroatoms. The lowest BCUT2D eigenvalue weighted by Crippen LogP contribution is -2.31. The maximum atomic E-state index is 12.1. The fourth-order valence-electron chi connectivity index (χ4n) is 3.18. The lowest BCUT2D eigenvalue weighted by atomic mass is 10.0. The first-order valence-electron chi connectivity index (χ1n) is 6.91. The van der Waals surface area contributed by atoms with Crippen LogP contribution in [0.2, 0.25) is 0 Å². The minimum atomic E-state index is 0.368. The standard InChI is InChI=1S/C14H25OS/c1-16(13-9-3-2-4-10-13)11-14(15)12-7-5-6-8-12/h12-13H,2-11H2,1H3/q+1. The van der Waals surface area contributed by atoms with E-state index in [1.165, 1.54) is 57.8 Å². The summed E-state index contributed by atoms with van der Waals surface area (Å²) in [5, 5.41) is 0.874. The Balaban J connectivity index is 1.76. The average Bonchev–Trinajstić information content (AvgIpc) is 2.83. The molecule has 92 valence electrons. The Morgan fingerprint density at radius 1 is 1.00 bits per heavy atom. The molecular formula is C14H25OS+. The molecule has 0 aliphatic heterocycles. The molecule has 1 nitrogen and oxygen atoms in total. The van der Waals surface area contributed by atoms with Gasteiger partial charge in [0.2, 0.25) is 0 Å². The highest BCUT2D eigenvalue weighted by Crippen LogP contribution is 2.28. The molecular weight excluding hydrogens is 216 g/mol. The Morgan fingerprint density at radius 3 is 2.19 bits per heavy atom. The number of Topliss-reactive ketones (excluding diaryl/α,β-unsaturated/α-hetero) is 1. The molecule has 0 saturated heterocycles. The molecule has 2 saturated carbocycles. The van der Waals surface area contributed by atoms with Crippen LogP contribution in [0.15, 0.2) is 0 Å². The van der Waals surface area contributed by atoms with Crippen molar-refractivity contribution in [1.82, 2.24) is 0 Å². The maximum Gasteiger partial charge on any atom is 0.184 e. The number of ketones is 1. The van der Waals surface area contributed by atoms with Gasteiger partial charge in [-0.1, -0.05) is 19.3 Å². The van der Waals surface area contributed by atoms with Gasteiger partial charge in [-0.2, -0.15) is 0 Å². The Morgan fingerprint density at radius 2 is 1.56 bits per heavy atom. The van der Waals surface area contributed by atoms with Gasteiger partial charge < -0.3 is 0 Å². The average molecular weight is 241 g/mol. The van der Waals surface area contributed by atoms with Gasteiger partial charge in [0.25, 0.3) is 0 Å². The zero-order valence-corrected chi connectivity index (χ0v) is 11.4. The predicted octanol–water partition coefficient (Wildman–Crippen LogP) is 3.33. The van der Waals surface area contributed by atoms with Crippen LogP contribution < -0.4 is 0 Å². The van der Waals surface area contributed by atoms with Crippen LogP contribution >= 0.6 is 0 Å². The van der Waals surface area contributed by atoms with Crippen LogP contribution in [0.25, 0.3) is 0 Å². The van der Waals surface area contributed by atoms with Crippen molar-refractivity contribution in [1.29, 1.82) is 0 Å². The summed E-state index contributed by atoms with van der Waals surface area (Å²) in [6.07, 6.45) is 14.3. The van der Waals surface area contributed by atoms with Crippen LogP contribution in [0.1, 0.15) is 57.8 Å². The summed E-state index contributed by atoms with van der Waals surface area (Å²) in [5.74, 6) is 1.93. The lowest BCUT2D eigenvalue weighted by molar-refractivity contribution is -0.120. The van der Waals surface area contributed by atoms with E-state index in [0.29, 0.717) is 22.6 Å². The third-order valence-corrected chi connectivity index (χ3v) is 6.65. The van der Waals surface area contributed by atoms with Crippen molar-refractivity contribution in [3.8, 4) is 0 Å². The topological polar surface area (TPSA) is 17.1 Å². The number of hydrogen-bond acceptors (Lipinski definition) is 1. The Kier molecular flexibility index (Phi) is 4.75. The third kappa shape index (κ3) is 3.26. The number of carbonyl (C=O) groups is 1. The molecule has 0 aromatic heterocycles. The van der Waals surface area contributed by atoms with E-state index >= 15 is 0 Å². The van der Waals surface area contributed by atoms with Crippen molar-refractivity contribution in [2.45, 2.75) is 63.0 Å². The Bertz CT molecular complexity index is 227. The van der Waals surface area contributed by atoms with Crippen molar-refractivity contribution in [3.63, 3.8) is 0 Å². The minimum absolute atomic E-state index is 0.368. The molecule has 16 heavy (non-hydrogen) atoms. The fourth-order valence-corrected chi connectivity index (χ4v) is 5.23. The summed E-state index contributed by atoms with van der Waals surface area (Å²) in [4.78, 5) is 12.1. The Hall–Kier alpha value is 0.0200. The second-order valence-electron chi connectivity index (χ2n) is 5.54. The number of hydrogen-bond donors (Lipinski definition) is 0. The molecule has 0 radical (unpaired) electrons. The largest absolute Gasteiger partial charge is 0.294 e. The van der Waals surface area contributed by atoms with Crippen LogP contribution in [-0.4, -0.2) is 23.0 Å². The van der Waals surface area contributed by atoms with E-state index in [1.54, 1.807) is 0 Å². The molecule has 0 bridgehead atoms. The van der Waals surface area contributed by atoms with E-state index in [0.717, 1.165) is 11.0 Å². The van der Waals surface area contributed by atoms with E-state index in [-0.39, 0.29) is 0 Å². The van der Waals surface area contributed by atoms with Crippen LogP contribution in [0, 0.1) is 5.92 Å². The van der Waals surface area contributed by atoms with Gasteiger partial charge in [0.05, 0.1) is 6.26 Å². The molecule has 2 aliphatic rings. The van der Waals surface area contributed by atoms with Gasteiger partial charge in [-0.15, -0.1) is 0 Å². The van der Waals surface area contributed by atoms with Crippen LogP contribution in [0.5, 0.6) is 0 Å². The molecule has 0 N–H and O–H groups in total. The molecule has 1 atom stereocenters. The minimum Gasteiger partial charge on any atom is -0.294 e. The van der Waals surface area contributed by atoms with Crippen molar-refractivity contribution in [3.05, 3.63) is 0 Å². The van der Waals surface area contributed by atoms with Crippen LogP contribution in [0.3, 0.4) is 0 Å². The quantitative estimate of drug-likeness (QED) is 0.690. The van der Waals surface area contributed by atoms with Gasteiger partial charge in [-0.05, 0) is 49.4 Å². The summed E-state index contributed by atoms with van der Waals surface area (Å²) in [5.41, 5.74) is 0. The second kappa shape index (κ2) is 6.09. The van der Waals surface area contributed by atoms with Crippen molar-refractivity contribution < 1.29 is 4.79 Å². The maximum absolute atomic E-state index is 12.1. The molecule has 0 aromatic rings. The SMILES string of the molecule is C[S+](CC(=O)C1CCCC1)C1CCCCC1. The highest BCUT2D eigenvalue weighted by Gasteiger charge is 2.33. The second-order valence-corrected chi connectivity index (χ2v) is 7.88. The summed E-state index contributed by atoms with van der Waals surface area (Å²) < 4.78 is 0. The molecule has 0 aromatic carbocycles. The van der Waals surface area contributed by atoms with Crippen LogP contribution in [0.4, 0.5) is 0 Å². The monoisotopic (exact) mass is 241 g/mol. The molecule has 2 fully saturated rings. The van der Waals surface area contributed by atoms with Crippen LogP contribution in [-0.2, 0) is 15.7 Å². The molecule has 2 rings (SSSR count). The predicted molar refractivity (Wildman–Crippen MR) is 72.0 cm³/mol. The molecule has 0 spiro atoms. The number of rotatable bonds is 4. The highest BCUT2D eigenvalue weighted by molar-refractivity contribution is 7.97. The summed E-state index contributed by atoms with van der Waals surface area (Å²) >= 11 is 0.